The van der Waals surface area contributed by atoms with E-state index in [1.807, 2.05) is 38.2 Å². The second kappa shape index (κ2) is 7.48. The summed E-state index contributed by atoms with van der Waals surface area (Å²) in [6.07, 6.45) is 0. The molecule has 0 saturated heterocycles. The van der Waals surface area contributed by atoms with Crippen molar-refractivity contribution in [3.8, 4) is 11.5 Å². The Labute approximate surface area is 134 Å². The highest BCUT2D eigenvalue weighted by Gasteiger charge is 2.15. The molecule has 0 aliphatic heterocycles. The van der Waals surface area contributed by atoms with Crippen LogP contribution in [0.5, 0.6) is 11.5 Å². The molecule has 2 aromatic carbocycles. The minimum absolute atomic E-state index is 0.112. The second-order valence-electron chi connectivity index (χ2n) is 4.61. The first kappa shape index (κ1) is 15.9. The van der Waals surface area contributed by atoms with Gasteiger partial charge in [0.05, 0.1) is 19.8 Å². The zero-order valence-electron chi connectivity index (χ0n) is 12.5. The maximum Gasteiger partial charge on any atom is 0.120 e. The van der Waals surface area contributed by atoms with Crippen molar-refractivity contribution in [3.63, 3.8) is 0 Å². The summed E-state index contributed by atoms with van der Waals surface area (Å²) >= 11 is 3.62. The first-order chi connectivity index (χ1) is 10.2. The van der Waals surface area contributed by atoms with Crippen molar-refractivity contribution in [3.05, 3.63) is 58.1 Å². The largest absolute Gasteiger partial charge is 0.497 e. The molecule has 3 nitrogen and oxygen atoms in total. The highest BCUT2D eigenvalue weighted by molar-refractivity contribution is 9.10. The quantitative estimate of drug-likeness (QED) is 0.848. The summed E-state index contributed by atoms with van der Waals surface area (Å²) in [5.74, 6) is 1.73. The molecule has 0 heterocycles. The van der Waals surface area contributed by atoms with E-state index in [0.29, 0.717) is 6.61 Å². The van der Waals surface area contributed by atoms with Crippen LogP contribution in [0.25, 0.3) is 0 Å². The van der Waals surface area contributed by atoms with E-state index in [-0.39, 0.29) is 6.04 Å². The van der Waals surface area contributed by atoms with Gasteiger partial charge in [0.2, 0.25) is 0 Å². The maximum absolute atomic E-state index is 5.49. The molecule has 0 saturated carbocycles. The summed E-state index contributed by atoms with van der Waals surface area (Å²) in [4.78, 5) is 0. The number of rotatable bonds is 6. The molecule has 0 radical (unpaired) electrons. The monoisotopic (exact) mass is 349 g/mol. The molecule has 0 aliphatic rings. The van der Waals surface area contributed by atoms with Crippen molar-refractivity contribution < 1.29 is 9.47 Å². The molecule has 2 aromatic rings. The molecule has 0 fully saturated rings. The lowest BCUT2D eigenvalue weighted by Crippen LogP contribution is -2.18. The van der Waals surface area contributed by atoms with Gasteiger partial charge in [-0.2, -0.15) is 0 Å². The molecular weight excluding hydrogens is 330 g/mol. The Morgan fingerprint density at radius 3 is 2.29 bits per heavy atom. The molecule has 0 aromatic heterocycles. The van der Waals surface area contributed by atoms with E-state index in [1.54, 1.807) is 7.11 Å². The third kappa shape index (κ3) is 3.77. The molecule has 2 rings (SSSR count). The number of benzene rings is 2. The van der Waals surface area contributed by atoms with Crippen molar-refractivity contribution in [2.24, 2.45) is 0 Å². The number of hydrogen-bond donors (Lipinski definition) is 1. The summed E-state index contributed by atoms with van der Waals surface area (Å²) in [6, 6.07) is 14.3. The van der Waals surface area contributed by atoms with Gasteiger partial charge in [0, 0.05) is 4.47 Å². The molecule has 1 atom stereocenters. The second-order valence-corrected chi connectivity index (χ2v) is 5.47. The van der Waals surface area contributed by atoms with Gasteiger partial charge in [-0.25, -0.2) is 0 Å². The average Bonchev–Trinajstić information content (AvgIpc) is 2.51. The summed E-state index contributed by atoms with van der Waals surface area (Å²) in [5.41, 5.74) is 2.36. The van der Waals surface area contributed by atoms with Gasteiger partial charge >= 0.3 is 0 Å². The molecule has 0 aliphatic carbocycles. The van der Waals surface area contributed by atoms with Gasteiger partial charge in [0.25, 0.3) is 0 Å². The fourth-order valence-corrected chi connectivity index (χ4v) is 2.88. The first-order valence-electron chi connectivity index (χ1n) is 6.93. The Hall–Kier alpha value is -1.52. The first-order valence-corrected chi connectivity index (χ1v) is 7.72. The summed E-state index contributed by atoms with van der Waals surface area (Å²) in [7, 11) is 3.63. The standard InChI is InChI=1S/C17H20BrNO2/c1-4-21-13-7-5-12(6-8-13)17(19-2)15-10-9-14(20-3)11-16(15)18/h5-11,17,19H,4H2,1-3H3. The molecule has 1 N–H and O–H groups in total. The minimum Gasteiger partial charge on any atom is -0.497 e. The molecule has 1 unspecified atom stereocenters. The number of hydrogen-bond acceptors (Lipinski definition) is 3. The Morgan fingerprint density at radius 2 is 1.76 bits per heavy atom. The lowest BCUT2D eigenvalue weighted by Gasteiger charge is -2.19. The Bertz CT molecular complexity index is 584. The zero-order valence-corrected chi connectivity index (χ0v) is 14.1. The molecule has 4 heteroatoms. The lowest BCUT2D eigenvalue weighted by molar-refractivity contribution is 0.340. The van der Waals surface area contributed by atoms with Gasteiger partial charge in [-0.05, 0) is 49.4 Å². The Morgan fingerprint density at radius 1 is 1.10 bits per heavy atom. The highest BCUT2D eigenvalue weighted by Crippen LogP contribution is 2.31. The maximum atomic E-state index is 5.49. The topological polar surface area (TPSA) is 30.5 Å². The molecule has 112 valence electrons. The molecule has 21 heavy (non-hydrogen) atoms. The molecular formula is C17H20BrNO2. The van der Waals surface area contributed by atoms with Crippen LogP contribution in [0.2, 0.25) is 0 Å². The van der Waals surface area contributed by atoms with Crippen LogP contribution in [0.3, 0.4) is 0 Å². The van der Waals surface area contributed by atoms with Crippen molar-refractivity contribution in [2.75, 3.05) is 20.8 Å². The Balaban J connectivity index is 2.30. The van der Waals surface area contributed by atoms with Crippen molar-refractivity contribution in [1.82, 2.24) is 5.32 Å². The number of ether oxygens (including phenoxy) is 2. The predicted octanol–water partition coefficient (Wildman–Crippen LogP) is 4.17. The number of halogens is 1. The fraction of sp³-hybridized carbons (Fsp3) is 0.294. The summed E-state index contributed by atoms with van der Waals surface area (Å²) in [5, 5.41) is 3.35. The van der Waals surface area contributed by atoms with Crippen molar-refractivity contribution in [1.29, 1.82) is 0 Å². The van der Waals surface area contributed by atoms with Gasteiger partial charge in [-0.3, -0.25) is 0 Å². The van der Waals surface area contributed by atoms with Gasteiger partial charge in [0.1, 0.15) is 11.5 Å². The van der Waals surface area contributed by atoms with E-state index >= 15 is 0 Å². The summed E-state index contributed by atoms with van der Waals surface area (Å²) < 4.78 is 11.8. The van der Waals surface area contributed by atoms with Crippen LogP contribution >= 0.6 is 15.9 Å². The van der Waals surface area contributed by atoms with E-state index in [1.165, 1.54) is 11.1 Å². The van der Waals surface area contributed by atoms with E-state index < -0.39 is 0 Å². The molecule has 0 bridgehead atoms. The normalized spacial score (nSPS) is 12.0. The van der Waals surface area contributed by atoms with Crippen LogP contribution in [0.4, 0.5) is 0 Å². The average molecular weight is 350 g/mol. The van der Waals surface area contributed by atoms with Crippen LogP contribution in [-0.2, 0) is 0 Å². The van der Waals surface area contributed by atoms with Gasteiger partial charge in [-0.15, -0.1) is 0 Å². The highest BCUT2D eigenvalue weighted by atomic mass is 79.9. The van der Waals surface area contributed by atoms with E-state index in [2.05, 4.69) is 39.4 Å². The van der Waals surface area contributed by atoms with Crippen LogP contribution in [0.1, 0.15) is 24.1 Å². The summed E-state index contributed by atoms with van der Waals surface area (Å²) in [6.45, 7) is 2.66. The van der Waals surface area contributed by atoms with Gasteiger partial charge in [0.15, 0.2) is 0 Å². The lowest BCUT2D eigenvalue weighted by atomic mass is 9.98. The van der Waals surface area contributed by atoms with E-state index in [9.17, 15) is 0 Å². The number of nitrogens with one attached hydrogen (secondary N) is 1. The molecule has 0 amide bonds. The third-order valence-electron chi connectivity index (χ3n) is 3.33. The number of methoxy groups -OCH3 is 1. The molecule has 0 spiro atoms. The zero-order chi connectivity index (χ0) is 15.2. The van der Waals surface area contributed by atoms with Crippen LogP contribution in [-0.4, -0.2) is 20.8 Å². The smallest absolute Gasteiger partial charge is 0.120 e. The minimum atomic E-state index is 0.112. The van der Waals surface area contributed by atoms with Gasteiger partial charge < -0.3 is 14.8 Å². The third-order valence-corrected chi connectivity index (χ3v) is 4.02. The van der Waals surface area contributed by atoms with Crippen LogP contribution in [0.15, 0.2) is 46.9 Å². The van der Waals surface area contributed by atoms with E-state index in [0.717, 1.165) is 16.0 Å². The van der Waals surface area contributed by atoms with Crippen molar-refractivity contribution in [2.45, 2.75) is 13.0 Å². The van der Waals surface area contributed by atoms with Crippen LogP contribution < -0.4 is 14.8 Å². The van der Waals surface area contributed by atoms with E-state index in [4.69, 9.17) is 9.47 Å². The van der Waals surface area contributed by atoms with Gasteiger partial charge in [-0.1, -0.05) is 34.1 Å². The van der Waals surface area contributed by atoms with Crippen LogP contribution in [0, 0.1) is 0 Å². The fourth-order valence-electron chi connectivity index (χ4n) is 2.29. The van der Waals surface area contributed by atoms with Crippen molar-refractivity contribution >= 4 is 15.9 Å². The SMILES string of the molecule is CCOc1ccc(C(NC)c2ccc(OC)cc2Br)cc1. The predicted molar refractivity (Wildman–Crippen MR) is 89.2 cm³/mol. The Kier molecular flexibility index (Phi) is 5.65.